The number of likely N-dealkylation sites (tertiary alicyclic amines) is 1. The minimum absolute atomic E-state index is 0.00800. The van der Waals surface area contributed by atoms with Crippen molar-refractivity contribution in [2.45, 2.75) is 18.9 Å². The van der Waals surface area contributed by atoms with Gasteiger partial charge in [0, 0.05) is 32.1 Å². The molecule has 1 aromatic carbocycles. The van der Waals surface area contributed by atoms with Gasteiger partial charge in [0.15, 0.2) is 0 Å². The van der Waals surface area contributed by atoms with E-state index >= 15 is 0 Å². The van der Waals surface area contributed by atoms with Crippen LogP contribution in [0.25, 0.3) is 0 Å². The van der Waals surface area contributed by atoms with Gasteiger partial charge in [0.05, 0.1) is 18.8 Å². The average Bonchev–Trinajstić information content (AvgIpc) is 2.58. The summed E-state index contributed by atoms with van der Waals surface area (Å²) in [6.07, 6.45) is 0.578. The number of hydrogen-bond donors (Lipinski definition) is 1. The standard InChI is InChI=1S/C17H24N2O3/c1-14-13-19(16(20)18-9-11-22-12-10-18)8-7-17(14,21)15-5-3-2-4-6-15/h2-6,14,21H,7-13H2,1H3. The third-order valence-electron chi connectivity index (χ3n) is 4.90. The predicted octanol–water partition coefficient (Wildman–Crippen LogP) is 1.67. The maximum Gasteiger partial charge on any atom is 0.320 e. The number of urea groups is 1. The van der Waals surface area contributed by atoms with Crippen molar-refractivity contribution in [3.05, 3.63) is 35.9 Å². The fraction of sp³-hybridized carbons (Fsp3) is 0.588. The highest BCUT2D eigenvalue weighted by Crippen LogP contribution is 2.37. The highest BCUT2D eigenvalue weighted by Gasteiger charge is 2.42. The van der Waals surface area contributed by atoms with E-state index in [0.717, 1.165) is 5.56 Å². The summed E-state index contributed by atoms with van der Waals surface area (Å²) in [4.78, 5) is 16.3. The molecule has 22 heavy (non-hydrogen) atoms. The monoisotopic (exact) mass is 304 g/mol. The van der Waals surface area contributed by atoms with E-state index in [4.69, 9.17) is 4.74 Å². The lowest BCUT2D eigenvalue weighted by Gasteiger charge is -2.45. The molecule has 0 bridgehead atoms. The lowest BCUT2D eigenvalue weighted by atomic mass is 9.77. The molecule has 0 aromatic heterocycles. The van der Waals surface area contributed by atoms with Crippen LogP contribution in [-0.4, -0.2) is 60.3 Å². The van der Waals surface area contributed by atoms with Crippen LogP contribution < -0.4 is 0 Å². The molecule has 5 heteroatoms. The molecule has 0 radical (unpaired) electrons. The summed E-state index contributed by atoms with van der Waals surface area (Å²) in [6, 6.07) is 9.86. The second-order valence-electron chi connectivity index (χ2n) is 6.27. The molecule has 120 valence electrons. The van der Waals surface area contributed by atoms with Gasteiger partial charge in [-0.3, -0.25) is 0 Å². The molecule has 1 aromatic rings. The molecule has 2 unspecified atom stereocenters. The van der Waals surface area contributed by atoms with Crippen molar-refractivity contribution in [2.75, 3.05) is 39.4 Å². The van der Waals surface area contributed by atoms with Gasteiger partial charge in [-0.05, 0) is 12.0 Å². The first kappa shape index (κ1) is 15.3. The summed E-state index contributed by atoms with van der Waals surface area (Å²) in [7, 11) is 0. The molecule has 0 spiro atoms. The second kappa shape index (κ2) is 6.26. The van der Waals surface area contributed by atoms with Crippen LogP contribution in [-0.2, 0) is 10.3 Å². The Morgan fingerprint density at radius 2 is 1.86 bits per heavy atom. The molecule has 2 aliphatic rings. The van der Waals surface area contributed by atoms with Crippen molar-refractivity contribution in [2.24, 2.45) is 5.92 Å². The largest absolute Gasteiger partial charge is 0.385 e. The predicted molar refractivity (Wildman–Crippen MR) is 83.5 cm³/mol. The zero-order valence-corrected chi connectivity index (χ0v) is 13.1. The van der Waals surface area contributed by atoms with Crippen molar-refractivity contribution >= 4 is 6.03 Å². The number of hydrogen-bond acceptors (Lipinski definition) is 3. The topological polar surface area (TPSA) is 53.0 Å². The highest BCUT2D eigenvalue weighted by atomic mass is 16.5. The van der Waals surface area contributed by atoms with Gasteiger partial charge < -0.3 is 19.6 Å². The summed E-state index contributed by atoms with van der Waals surface area (Å²) < 4.78 is 5.30. The Morgan fingerprint density at radius 1 is 1.18 bits per heavy atom. The number of rotatable bonds is 1. The smallest absolute Gasteiger partial charge is 0.320 e. The third kappa shape index (κ3) is 2.83. The number of morpholine rings is 1. The number of benzene rings is 1. The van der Waals surface area contributed by atoms with E-state index in [-0.39, 0.29) is 11.9 Å². The van der Waals surface area contributed by atoms with Crippen LogP contribution in [0.3, 0.4) is 0 Å². The van der Waals surface area contributed by atoms with Crippen molar-refractivity contribution < 1.29 is 14.6 Å². The molecule has 2 fully saturated rings. The molecule has 1 N–H and O–H groups in total. The second-order valence-corrected chi connectivity index (χ2v) is 6.27. The van der Waals surface area contributed by atoms with Crippen molar-refractivity contribution in [1.82, 2.24) is 9.80 Å². The molecule has 2 amide bonds. The van der Waals surface area contributed by atoms with Crippen LogP contribution in [0.5, 0.6) is 0 Å². The van der Waals surface area contributed by atoms with Crippen molar-refractivity contribution in [3.8, 4) is 0 Å². The Kier molecular flexibility index (Phi) is 4.36. The molecular formula is C17H24N2O3. The number of ether oxygens (including phenoxy) is 1. The number of piperidine rings is 1. The molecule has 2 aliphatic heterocycles. The van der Waals surface area contributed by atoms with E-state index in [9.17, 15) is 9.90 Å². The maximum atomic E-state index is 12.6. The number of amides is 2. The van der Waals surface area contributed by atoms with Crippen LogP contribution in [0.15, 0.2) is 30.3 Å². The lowest BCUT2D eigenvalue weighted by Crippen LogP contribution is -2.55. The van der Waals surface area contributed by atoms with E-state index < -0.39 is 5.60 Å². The van der Waals surface area contributed by atoms with Crippen LogP contribution in [0.4, 0.5) is 4.79 Å². The number of carbonyl (C=O) groups excluding carboxylic acids is 1. The Hall–Kier alpha value is -1.59. The summed E-state index contributed by atoms with van der Waals surface area (Å²) in [5.41, 5.74) is 0.101. The Morgan fingerprint density at radius 3 is 2.50 bits per heavy atom. The number of carbonyl (C=O) groups is 1. The van der Waals surface area contributed by atoms with E-state index in [1.54, 1.807) is 0 Å². The fourth-order valence-corrected chi connectivity index (χ4v) is 3.41. The van der Waals surface area contributed by atoms with Crippen molar-refractivity contribution in [1.29, 1.82) is 0 Å². The van der Waals surface area contributed by atoms with Gasteiger partial charge in [-0.2, -0.15) is 0 Å². The first-order chi connectivity index (χ1) is 10.6. The first-order valence-corrected chi connectivity index (χ1v) is 8.01. The van der Waals surface area contributed by atoms with Gasteiger partial charge in [-0.1, -0.05) is 37.3 Å². The molecule has 2 heterocycles. The normalized spacial score (nSPS) is 29.5. The molecule has 2 atom stereocenters. The highest BCUT2D eigenvalue weighted by molar-refractivity contribution is 5.74. The number of aliphatic hydroxyl groups is 1. The van der Waals surface area contributed by atoms with Gasteiger partial charge in [0.1, 0.15) is 0 Å². The van der Waals surface area contributed by atoms with Gasteiger partial charge in [0.2, 0.25) is 0 Å². The zero-order chi connectivity index (χ0) is 15.6. The minimum atomic E-state index is -0.844. The average molecular weight is 304 g/mol. The summed E-state index contributed by atoms with van der Waals surface area (Å²) >= 11 is 0. The molecule has 3 rings (SSSR count). The van der Waals surface area contributed by atoms with E-state index in [1.807, 2.05) is 47.1 Å². The van der Waals surface area contributed by atoms with E-state index in [2.05, 4.69) is 0 Å². The van der Waals surface area contributed by atoms with Crippen LogP contribution in [0, 0.1) is 5.92 Å². The Balaban J connectivity index is 1.68. The van der Waals surface area contributed by atoms with E-state index in [0.29, 0.717) is 45.8 Å². The first-order valence-electron chi connectivity index (χ1n) is 8.01. The van der Waals surface area contributed by atoms with Gasteiger partial charge >= 0.3 is 6.03 Å². The molecular weight excluding hydrogens is 280 g/mol. The third-order valence-corrected chi connectivity index (χ3v) is 4.90. The molecule has 2 saturated heterocycles. The maximum absolute atomic E-state index is 12.6. The van der Waals surface area contributed by atoms with Gasteiger partial charge in [-0.25, -0.2) is 4.79 Å². The summed E-state index contributed by atoms with van der Waals surface area (Å²) in [5, 5.41) is 11.0. The summed E-state index contributed by atoms with van der Waals surface area (Å²) in [6.45, 7) is 5.74. The molecule has 0 saturated carbocycles. The molecule has 0 aliphatic carbocycles. The quantitative estimate of drug-likeness (QED) is 0.858. The minimum Gasteiger partial charge on any atom is -0.385 e. The zero-order valence-electron chi connectivity index (χ0n) is 13.1. The van der Waals surface area contributed by atoms with Gasteiger partial charge in [-0.15, -0.1) is 0 Å². The Bertz CT molecular complexity index is 516. The van der Waals surface area contributed by atoms with Crippen LogP contribution in [0.1, 0.15) is 18.9 Å². The van der Waals surface area contributed by atoms with Crippen LogP contribution in [0.2, 0.25) is 0 Å². The molecule has 5 nitrogen and oxygen atoms in total. The number of nitrogens with zero attached hydrogens (tertiary/aromatic N) is 2. The van der Waals surface area contributed by atoms with Crippen molar-refractivity contribution in [3.63, 3.8) is 0 Å². The van der Waals surface area contributed by atoms with Crippen LogP contribution >= 0.6 is 0 Å². The van der Waals surface area contributed by atoms with Gasteiger partial charge in [0.25, 0.3) is 0 Å². The SMILES string of the molecule is CC1CN(C(=O)N2CCOCC2)CCC1(O)c1ccccc1. The fourth-order valence-electron chi connectivity index (χ4n) is 3.41. The summed E-state index contributed by atoms with van der Waals surface area (Å²) in [5.74, 6) is 0.00800. The Labute approximate surface area is 131 Å². The van der Waals surface area contributed by atoms with E-state index in [1.165, 1.54) is 0 Å². The lowest BCUT2D eigenvalue weighted by molar-refractivity contribution is -0.0659.